The molecule has 1 fully saturated rings. The minimum Gasteiger partial charge on any atom is -0.485 e. The van der Waals surface area contributed by atoms with Crippen LogP contribution < -0.4 is 4.74 Å². The third-order valence-corrected chi connectivity index (χ3v) is 2.80. The lowest BCUT2D eigenvalue weighted by molar-refractivity contribution is -0.0791. The maximum absolute atomic E-state index is 11.0. The second kappa shape index (κ2) is 4.27. The predicted octanol–water partition coefficient (Wildman–Crippen LogP) is 1.71. The molecule has 1 saturated heterocycles. The normalized spacial score (nSPS) is 15.3. The molecule has 1 N–H and O–H groups in total. The Kier molecular flexibility index (Phi) is 2.60. The molecular formula is C13H11NO4. The number of nitrogens with zero attached hydrogens (tertiary/aromatic N) is 1. The SMILES string of the molecule is O=C(O)c1cc(OC2COC2)c2ccccc2n1. The number of aromatic carboxylic acids is 1. The molecule has 2 heterocycles. The van der Waals surface area contributed by atoms with Crippen molar-refractivity contribution >= 4 is 16.9 Å². The van der Waals surface area contributed by atoms with Crippen molar-refractivity contribution in [3.63, 3.8) is 0 Å². The Balaban J connectivity index is 2.10. The van der Waals surface area contributed by atoms with Crippen LogP contribution in [0.2, 0.25) is 0 Å². The van der Waals surface area contributed by atoms with Gasteiger partial charge in [-0.25, -0.2) is 9.78 Å². The lowest BCUT2D eigenvalue weighted by Crippen LogP contribution is -2.38. The van der Waals surface area contributed by atoms with Gasteiger partial charge in [-0.1, -0.05) is 12.1 Å². The smallest absolute Gasteiger partial charge is 0.354 e. The van der Waals surface area contributed by atoms with Gasteiger partial charge in [0, 0.05) is 11.5 Å². The monoisotopic (exact) mass is 245 g/mol. The largest absolute Gasteiger partial charge is 0.485 e. The van der Waals surface area contributed by atoms with Crippen LogP contribution in [-0.4, -0.2) is 35.4 Å². The first-order valence-corrected chi connectivity index (χ1v) is 5.61. The molecule has 1 aromatic carbocycles. The van der Waals surface area contributed by atoms with E-state index in [0.29, 0.717) is 24.5 Å². The van der Waals surface area contributed by atoms with Crippen LogP contribution in [-0.2, 0) is 4.74 Å². The van der Waals surface area contributed by atoms with Gasteiger partial charge in [-0.2, -0.15) is 0 Å². The van der Waals surface area contributed by atoms with Crippen molar-refractivity contribution in [1.82, 2.24) is 4.98 Å². The van der Waals surface area contributed by atoms with Crippen LogP contribution in [0.3, 0.4) is 0 Å². The molecule has 3 rings (SSSR count). The highest BCUT2D eigenvalue weighted by Gasteiger charge is 2.22. The lowest BCUT2D eigenvalue weighted by atomic mass is 10.1. The zero-order valence-corrected chi connectivity index (χ0v) is 9.50. The van der Waals surface area contributed by atoms with Crippen LogP contribution in [0, 0.1) is 0 Å². The summed E-state index contributed by atoms with van der Waals surface area (Å²) in [6.45, 7) is 1.08. The molecule has 1 aromatic heterocycles. The first-order valence-electron chi connectivity index (χ1n) is 5.61. The maximum Gasteiger partial charge on any atom is 0.354 e. The summed E-state index contributed by atoms with van der Waals surface area (Å²) in [4.78, 5) is 15.1. The highest BCUT2D eigenvalue weighted by Crippen LogP contribution is 2.27. The molecule has 0 radical (unpaired) electrons. The Bertz CT molecular complexity index is 607. The van der Waals surface area contributed by atoms with Gasteiger partial charge in [-0.15, -0.1) is 0 Å². The molecule has 0 aliphatic carbocycles. The van der Waals surface area contributed by atoms with Crippen molar-refractivity contribution in [2.24, 2.45) is 0 Å². The van der Waals surface area contributed by atoms with Crippen molar-refractivity contribution in [2.45, 2.75) is 6.10 Å². The molecule has 5 nitrogen and oxygen atoms in total. The molecule has 18 heavy (non-hydrogen) atoms. The van der Waals surface area contributed by atoms with Gasteiger partial charge < -0.3 is 14.6 Å². The van der Waals surface area contributed by atoms with Crippen molar-refractivity contribution in [3.8, 4) is 5.75 Å². The van der Waals surface area contributed by atoms with Crippen molar-refractivity contribution < 1.29 is 19.4 Å². The fourth-order valence-corrected chi connectivity index (χ4v) is 1.81. The summed E-state index contributed by atoms with van der Waals surface area (Å²) >= 11 is 0. The van der Waals surface area contributed by atoms with Crippen LogP contribution in [0.15, 0.2) is 30.3 Å². The number of fused-ring (bicyclic) bond motifs is 1. The molecular weight excluding hydrogens is 234 g/mol. The van der Waals surface area contributed by atoms with Crippen LogP contribution in [0.4, 0.5) is 0 Å². The van der Waals surface area contributed by atoms with Gasteiger partial charge >= 0.3 is 5.97 Å². The predicted molar refractivity (Wildman–Crippen MR) is 63.9 cm³/mol. The second-order valence-electron chi connectivity index (χ2n) is 4.11. The standard InChI is InChI=1S/C13H11NO4/c15-13(16)11-5-12(18-8-6-17-7-8)9-3-1-2-4-10(9)14-11/h1-5,8H,6-7H2,(H,15,16). The second-order valence-corrected chi connectivity index (χ2v) is 4.11. The molecule has 2 aromatic rings. The summed E-state index contributed by atoms with van der Waals surface area (Å²) in [6, 6.07) is 8.78. The highest BCUT2D eigenvalue weighted by atomic mass is 16.6. The van der Waals surface area contributed by atoms with Crippen LogP contribution in [0.25, 0.3) is 10.9 Å². The Labute approximate surface area is 103 Å². The molecule has 0 saturated carbocycles. The number of carbonyl (C=O) groups is 1. The van der Waals surface area contributed by atoms with Crippen LogP contribution in [0.1, 0.15) is 10.5 Å². The average molecular weight is 245 g/mol. The number of rotatable bonds is 3. The Morgan fingerprint density at radius 2 is 2.17 bits per heavy atom. The topological polar surface area (TPSA) is 68.7 Å². The Morgan fingerprint density at radius 3 is 2.83 bits per heavy atom. The molecule has 92 valence electrons. The van der Waals surface area contributed by atoms with E-state index in [1.807, 2.05) is 18.2 Å². The van der Waals surface area contributed by atoms with Gasteiger partial charge in [0.25, 0.3) is 0 Å². The number of ether oxygens (including phenoxy) is 2. The van der Waals surface area contributed by atoms with E-state index < -0.39 is 5.97 Å². The molecule has 1 aliphatic heterocycles. The number of carboxylic acid groups (broad SMARTS) is 1. The van der Waals surface area contributed by atoms with Crippen LogP contribution >= 0.6 is 0 Å². The summed E-state index contributed by atoms with van der Waals surface area (Å²) in [6.07, 6.45) is -0.00236. The Hall–Kier alpha value is -2.14. The molecule has 0 atom stereocenters. The van der Waals surface area contributed by atoms with Crippen molar-refractivity contribution in [3.05, 3.63) is 36.0 Å². The number of carboxylic acids is 1. The molecule has 1 aliphatic rings. The lowest BCUT2D eigenvalue weighted by Gasteiger charge is -2.27. The van der Waals surface area contributed by atoms with Gasteiger partial charge in [0.05, 0.1) is 18.7 Å². The van der Waals surface area contributed by atoms with Gasteiger partial charge in [0.1, 0.15) is 11.9 Å². The summed E-state index contributed by atoms with van der Waals surface area (Å²) in [5, 5.41) is 9.85. The third-order valence-electron chi connectivity index (χ3n) is 2.80. The number of aromatic nitrogens is 1. The zero-order chi connectivity index (χ0) is 12.5. The van der Waals surface area contributed by atoms with Crippen LogP contribution in [0.5, 0.6) is 5.75 Å². The minimum atomic E-state index is -1.06. The van der Waals surface area contributed by atoms with E-state index >= 15 is 0 Å². The molecule has 0 spiro atoms. The van der Waals surface area contributed by atoms with Crippen molar-refractivity contribution in [1.29, 1.82) is 0 Å². The number of hydrogen-bond acceptors (Lipinski definition) is 4. The molecule has 5 heteroatoms. The van der Waals surface area contributed by atoms with Crippen molar-refractivity contribution in [2.75, 3.05) is 13.2 Å². The summed E-state index contributed by atoms with van der Waals surface area (Å²) in [5.41, 5.74) is 0.608. The summed E-state index contributed by atoms with van der Waals surface area (Å²) in [5.74, 6) is -0.512. The quantitative estimate of drug-likeness (QED) is 0.891. The summed E-state index contributed by atoms with van der Waals surface area (Å²) in [7, 11) is 0. The van der Waals surface area contributed by atoms with E-state index in [1.54, 1.807) is 6.07 Å². The fraction of sp³-hybridized carbons (Fsp3) is 0.231. The first kappa shape index (κ1) is 11.0. The fourth-order valence-electron chi connectivity index (χ4n) is 1.81. The first-order chi connectivity index (χ1) is 8.74. The van der Waals surface area contributed by atoms with E-state index in [2.05, 4.69) is 4.98 Å². The van der Waals surface area contributed by atoms with E-state index in [9.17, 15) is 4.79 Å². The number of benzene rings is 1. The summed E-state index contributed by atoms with van der Waals surface area (Å²) < 4.78 is 10.8. The number of para-hydroxylation sites is 1. The maximum atomic E-state index is 11.0. The number of pyridine rings is 1. The zero-order valence-electron chi connectivity index (χ0n) is 9.50. The van der Waals surface area contributed by atoms with E-state index in [0.717, 1.165) is 5.39 Å². The average Bonchev–Trinajstić information content (AvgIpc) is 2.33. The Morgan fingerprint density at radius 1 is 1.39 bits per heavy atom. The van der Waals surface area contributed by atoms with Gasteiger partial charge in [0.2, 0.25) is 0 Å². The van der Waals surface area contributed by atoms with Gasteiger partial charge in [-0.05, 0) is 12.1 Å². The highest BCUT2D eigenvalue weighted by molar-refractivity contribution is 5.93. The molecule has 0 bridgehead atoms. The van der Waals surface area contributed by atoms with Gasteiger partial charge in [0.15, 0.2) is 5.69 Å². The van der Waals surface area contributed by atoms with E-state index in [-0.39, 0.29) is 11.8 Å². The number of hydrogen-bond donors (Lipinski definition) is 1. The molecule has 0 amide bonds. The van der Waals surface area contributed by atoms with E-state index in [1.165, 1.54) is 6.07 Å². The third kappa shape index (κ3) is 1.89. The minimum absolute atomic E-state index is 0.00236. The molecule has 0 unspecified atom stereocenters. The van der Waals surface area contributed by atoms with Gasteiger partial charge in [-0.3, -0.25) is 0 Å². The van der Waals surface area contributed by atoms with E-state index in [4.69, 9.17) is 14.6 Å².